The maximum Gasteiger partial charge on any atom is 0.251 e. The van der Waals surface area contributed by atoms with Crippen LogP contribution in [0.5, 0.6) is 0 Å². The molecule has 0 aromatic heterocycles. The first-order chi connectivity index (χ1) is 14.5. The summed E-state index contributed by atoms with van der Waals surface area (Å²) in [6.07, 6.45) is 0. The molecule has 0 aliphatic carbocycles. The van der Waals surface area contributed by atoms with Gasteiger partial charge in [0.15, 0.2) is 0 Å². The van der Waals surface area contributed by atoms with Crippen molar-refractivity contribution in [3.8, 4) is 6.07 Å². The summed E-state index contributed by atoms with van der Waals surface area (Å²) in [5, 5.41) is 12.3. The van der Waals surface area contributed by atoms with Gasteiger partial charge in [0.05, 0.1) is 11.6 Å². The maximum atomic E-state index is 12.6. The van der Waals surface area contributed by atoms with Crippen LogP contribution in [0.3, 0.4) is 0 Å². The largest absolute Gasteiger partial charge is 0.368 e. The molecular weight excluding hydrogens is 376 g/mol. The van der Waals surface area contributed by atoms with Crippen LogP contribution in [0.2, 0.25) is 0 Å². The minimum absolute atomic E-state index is 0.0578. The zero-order valence-corrected chi connectivity index (χ0v) is 16.6. The number of para-hydroxylation sites is 1. The molecule has 0 saturated heterocycles. The number of rotatable bonds is 7. The second-order valence-corrected chi connectivity index (χ2v) is 6.90. The van der Waals surface area contributed by atoms with E-state index in [-0.39, 0.29) is 19.0 Å². The standard InChI is InChI=1S/C24H22N4O2/c1-17-6-5-7-19(12-17)24(30)27-15-20-11-10-18(14-25)13-22(20)28(16-23(26)29)21-8-3-2-4-9-21/h2-13H,15-16H2,1H3,(H2,26,29)(H,27,30). The summed E-state index contributed by atoms with van der Waals surface area (Å²) in [6, 6.07) is 23.9. The van der Waals surface area contributed by atoms with Crippen molar-refractivity contribution in [1.29, 1.82) is 5.26 Å². The molecule has 0 radical (unpaired) electrons. The molecule has 30 heavy (non-hydrogen) atoms. The summed E-state index contributed by atoms with van der Waals surface area (Å²) in [6.45, 7) is 2.10. The third kappa shape index (κ3) is 5.03. The zero-order chi connectivity index (χ0) is 21.5. The van der Waals surface area contributed by atoms with Crippen LogP contribution in [0.4, 0.5) is 11.4 Å². The minimum atomic E-state index is -0.504. The van der Waals surface area contributed by atoms with Crippen LogP contribution in [0.25, 0.3) is 0 Å². The number of aryl methyl sites for hydroxylation is 1. The predicted molar refractivity (Wildman–Crippen MR) is 116 cm³/mol. The molecule has 3 aromatic carbocycles. The summed E-state index contributed by atoms with van der Waals surface area (Å²) in [5.41, 5.74) is 9.67. The van der Waals surface area contributed by atoms with Crippen LogP contribution in [0.15, 0.2) is 72.8 Å². The number of benzene rings is 3. The molecule has 3 aromatic rings. The Morgan fingerprint density at radius 1 is 1.03 bits per heavy atom. The highest BCUT2D eigenvalue weighted by atomic mass is 16.2. The molecule has 3 rings (SSSR count). The SMILES string of the molecule is Cc1cccc(C(=O)NCc2ccc(C#N)cc2N(CC(N)=O)c2ccccc2)c1. The van der Waals surface area contributed by atoms with E-state index in [1.165, 1.54) is 0 Å². The number of hydrogen-bond acceptors (Lipinski definition) is 4. The number of nitriles is 1. The van der Waals surface area contributed by atoms with Gasteiger partial charge in [0, 0.05) is 23.5 Å². The van der Waals surface area contributed by atoms with Crippen molar-refractivity contribution >= 4 is 23.2 Å². The van der Waals surface area contributed by atoms with Crippen LogP contribution in [0, 0.1) is 18.3 Å². The molecule has 0 heterocycles. The number of primary amides is 1. The van der Waals surface area contributed by atoms with E-state index < -0.39 is 5.91 Å². The fraction of sp³-hybridized carbons (Fsp3) is 0.125. The Labute approximate surface area is 175 Å². The molecule has 0 bridgehead atoms. The lowest BCUT2D eigenvalue weighted by Gasteiger charge is -2.26. The molecule has 6 heteroatoms. The molecule has 0 unspecified atom stereocenters. The Morgan fingerprint density at radius 2 is 1.80 bits per heavy atom. The number of amides is 2. The molecule has 6 nitrogen and oxygen atoms in total. The molecule has 150 valence electrons. The Bertz CT molecular complexity index is 1100. The monoisotopic (exact) mass is 398 g/mol. The third-order valence-electron chi connectivity index (χ3n) is 4.61. The van der Waals surface area contributed by atoms with Gasteiger partial charge in [-0.05, 0) is 48.9 Å². The first kappa shape index (κ1) is 20.6. The van der Waals surface area contributed by atoms with Gasteiger partial charge in [-0.15, -0.1) is 0 Å². The number of carbonyl (C=O) groups is 2. The van der Waals surface area contributed by atoms with E-state index in [1.807, 2.05) is 55.5 Å². The first-order valence-electron chi connectivity index (χ1n) is 9.46. The number of nitrogens with zero attached hydrogens (tertiary/aromatic N) is 2. The number of nitrogens with two attached hydrogens (primary N) is 1. The van der Waals surface area contributed by atoms with Gasteiger partial charge in [0.1, 0.15) is 6.54 Å². The Hall–Kier alpha value is -4.11. The van der Waals surface area contributed by atoms with Gasteiger partial charge in [0.2, 0.25) is 5.91 Å². The second-order valence-electron chi connectivity index (χ2n) is 6.90. The van der Waals surface area contributed by atoms with Crippen LogP contribution in [-0.4, -0.2) is 18.4 Å². The van der Waals surface area contributed by atoms with Gasteiger partial charge in [-0.25, -0.2) is 0 Å². The van der Waals surface area contributed by atoms with E-state index in [9.17, 15) is 14.9 Å². The molecular formula is C24H22N4O2. The summed E-state index contributed by atoms with van der Waals surface area (Å²) >= 11 is 0. The van der Waals surface area contributed by atoms with Crippen LogP contribution in [0.1, 0.15) is 27.0 Å². The fourth-order valence-corrected chi connectivity index (χ4v) is 3.18. The van der Waals surface area contributed by atoms with Crippen molar-refractivity contribution in [2.24, 2.45) is 5.73 Å². The maximum absolute atomic E-state index is 12.6. The van der Waals surface area contributed by atoms with E-state index >= 15 is 0 Å². The van der Waals surface area contributed by atoms with Crippen molar-refractivity contribution in [3.63, 3.8) is 0 Å². The Kier molecular flexibility index (Phi) is 6.46. The number of carbonyl (C=O) groups excluding carboxylic acids is 2. The van der Waals surface area contributed by atoms with Crippen molar-refractivity contribution in [2.45, 2.75) is 13.5 Å². The van der Waals surface area contributed by atoms with Gasteiger partial charge >= 0.3 is 0 Å². The molecule has 0 saturated carbocycles. The molecule has 0 spiro atoms. The van der Waals surface area contributed by atoms with Crippen molar-refractivity contribution < 1.29 is 9.59 Å². The number of hydrogen-bond donors (Lipinski definition) is 2. The lowest BCUT2D eigenvalue weighted by atomic mass is 10.1. The highest BCUT2D eigenvalue weighted by Gasteiger charge is 2.17. The first-order valence-corrected chi connectivity index (χ1v) is 9.46. The lowest BCUT2D eigenvalue weighted by Crippen LogP contribution is -2.31. The summed E-state index contributed by atoms with van der Waals surface area (Å²) in [5.74, 6) is -0.703. The highest BCUT2D eigenvalue weighted by molar-refractivity contribution is 5.94. The Morgan fingerprint density at radius 3 is 2.47 bits per heavy atom. The van der Waals surface area contributed by atoms with E-state index in [0.717, 1.165) is 16.8 Å². The van der Waals surface area contributed by atoms with Gasteiger partial charge in [-0.1, -0.05) is 42.0 Å². The van der Waals surface area contributed by atoms with E-state index in [1.54, 1.807) is 29.2 Å². The molecule has 2 amide bonds. The molecule has 0 aliphatic rings. The van der Waals surface area contributed by atoms with Crippen molar-refractivity contribution in [2.75, 3.05) is 11.4 Å². The topological polar surface area (TPSA) is 99.2 Å². The Balaban J connectivity index is 1.94. The number of nitrogens with one attached hydrogen (secondary N) is 1. The average Bonchev–Trinajstić information content (AvgIpc) is 2.76. The summed E-state index contributed by atoms with van der Waals surface area (Å²) in [7, 11) is 0. The highest BCUT2D eigenvalue weighted by Crippen LogP contribution is 2.29. The zero-order valence-electron chi connectivity index (χ0n) is 16.6. The lowest BCUT2D eigenvalue weighted by molar-refractivity contribution is -0.116. The van der Waals surface area contributed by atoms with Gasteiger partial charge in [-0.2, -0.15) is 5.26 Å². The van der Waals surface area contributed by atoms with Crippen molar-refractivity contribution in [3.05, 3.63) is 95.1 Å². The van der Waals surface area contributed by atoms with Crippen LogP contribution >= 0.6 is 0 Å². The van der Waals surface area contributed by atoms with E-state index in [2.05, 4.69) is 11.4 Å². The average molecular weight is 398 g/mol. The molecule has 0 aliphatic heterocycles. The molecule has 3 N–H and O–H groups in total. The molecule has 0 atom stereocenters. The van der Waals surface area contributed by atoms with E-state index in [0.29, 0.717) is 16.8 Å². The normalized spacial score (nSPS) is 10.1. The minimum Gasteiger partial charge on any atom is -0.368 e. The second kappa shape index (κ2) is 9.39. The number of anilines is 2. The van der Waals surface area contributed by atoms with Gasteiger partial charge in [-0.3, -0.25) is 9.59 Å². The third-order valence-corrected chi connectivity index (χ3v) is 4.61. The quantitative estimate of drug-likeness (QED) is 0.637. The summed E-state index contributed by atoms with van der Waals surface area (Å²) < 4.78 is 0. The van der Waals surface area contributed by atoms with Crippen LogP contribution < -0.4 is 16.0 Å². The van der Waals surface area contributed by atoms with E-state index in [4.69, 9.17) is 5.73 Å². The predicted octanol–water partition coefficient (Wildman–Crippen LogP) is 3.42. The fourth-order valence-electron chi connectivity index (χ4n) is 3.18. The van der Waals surface area contributed by atoms with Gasteiger partial charge in [0.25, 0.3) is 5.91 Å². The molecule has 0 fully saturated rings. The summed E-state index contributed by atoms with van der Waals surface area (Å²) in [4.78, 5) is 26.1. The van der Waals surface area contributed by atoms with Gasteiger partial charge < -0.3 is 16.0 Å². The smallest absolute Gasteiger partial charge is 0.251 e. The van der Waals surface area contributed by atoms with Crippen molar-refractivity contribution in [1.82, 2.24) is 5.32 Å². The van der Waals surface area contributed by atoms with Crippen LogP contribution in [-0.2, 0) is 11.3 Å².